The standard InChI is InChI=1S/C70H78BN3/c1-67(2)35-36-68(3,4)57-42-54(33-34-56(57)67)74-63-46-59-58(69(5,6)37-38-70(59,7)8)45-61(63)71-60-40-49-25-17-11-12-18-26-50(49)41-62(60)73(53-32-31-47-23-15-9-10-16-24-48(47)39-53)64-43-55(44-65(74)66(64)71)72(51-27-19-13-20-28-51)52-29-21-14-22-30-52/h13-14,19-22,27-34,39-46H,9-12,15-18,23-26,35-38H2,1-8H3. The molecule has 0 saturated carbocycles. The van der Waals surface area contributed by atoms with E-state index in [1.54, 1.807) is 27.8 Å². The van der Waals surface area contributed by atoms with Crippen molar-refractivity contribution >= 4 is 74.3 Å². The molecule has 4 aliphatic carbocycles. The van der Waals surface area contributed by atoms with Gasteiger partial charge in [-0.3, -0.25) is 0 Å². The molecule has 2 aliphatic heterocycles. The Morgan fingerprint density at radius 3 is 1.35 bits per heavy atom. The van der Waals surface area contributed by atoms with Gasteiger partial charge in [0, 0.05) is 45.5 Å². The van der Waals surface area contributed by atoms with E-state index >= 15 is 0 Å². The van der Waals surface area contributed by atoms with Gasteiger partial charge in [-0.1, -0.05) is 142 Å². The van der Waals surface area contributed by atoms with Crippen LogP contribution in [0.4, 0.5) is 51.2 Å². The topological polar surface area (TPSA) is 9.72 Å². The van der Waals surface area contributed by atoms with Gasteiger partial charge in [0.15, 0.2) is 0 Å². The van der Waals surface area contributed by atoms with Gasteiger partial charge in [-0.15, -0.1) is 0 Å². The first kappa shape index (κ1) is 47.7. The number of benzene rings is 7. The molecule has 2 heterocycles. The van der Waals surface area contributed by atoms with E-state index in [9.17, 15) is 0 Å². The second kappa shape index (κ2) is 17.8. The van der Waals surface area contributed by atoms with E-state index in [2.05, 4.69) is 204 Å². The van der Waals surface area contributed by atoms with Crippen molar-refractivity contribution in [2.45, 2.75) is 180 Å². The zero-order valence-corrected chi connectivity index (χ0v) is 45.9. The summed E-state index contributed by atoms with van der Waals surface area (Å²) in [7, 11) is 0. The summed E-state index contributed by atoms with van der Waals surface area (Å²) in [6.07, 6.45) is 19.7. The number of anilines is 9. The van der Waals surface area contributed by atoms with E-state index in [0.29, 0.717) is 0 Å². The van der Waals surface area contributed by atoms with E-state index in [4.69, 9.17) is 0 Å². The minimum Gasteiger partial charge on any atom is -0.311 e. The molecule has 0 atom stereocenters. The lowest BCUT2D eigenvalue weighted by atomic mass is 9.33. The molecule has 0 unspecified atom stereocenters. The van der Waals surface area contributed by atoms with E-state index in [1.165, 1.54) is 156 Å². The van der Waals surface area contributed by atoms with Gasteiger partial charge in [-0.05, 0) is 232 Å². The molecule has 74 heavy (non-hydrogen) atoms. The van der Waals surface area contributed by atoms with Crippen molar-refractivity contribution in [3.05, 3.63) is 178 Å². The lowest BCUT2D eigenvalue weighted by Gasteiger charge is -2.48. The molecule has 6 aliphatic rings. The van der Waals surface area contributed by atoms with Crippen LogP contribution < -0.4 is 31.1 Å². The third-order valence-corrected chi connectivity index (χ3v) is 19.5. The molecule has 0 aromatic heterocycles. The average Bonchev–Trinajstić information content (AvgIpc) is 3.38. The van der Waals surface area contributed by atoms with Crippen LogP contribution in [0, 0.1) is 0 Å². The summed E-state index contributed by atoms with van der Waals surface area (Å²) in [6, 6.07) is 53.6. The largest absolute Gasteiger partial charge is 0.311 e. The van der Waals surface area contributed by atoms with Crippen molar-refractivity contribution in [3.63, 3.8) is 0 Å². The van der Waals surface area contributed by atoms with Gasteiger partial charge in [0.25, 0.3) is 6.71 Å². The highest BCUT2D eigenvalue weighted by atomic mass is 15.2. The van der Waals surface area contributed by atoms with Crippen LogP contribution in [0.25, 0.3) is 0 Å². The van der Waals surface area contributed by atoms with Crippen molar-refractivity contribution in [2.75, 3.05) is 14.7 Å². The van der Waals surface area contributed by atoms with Crippen molar-refractivity contribution in [1.29, 1.82) is 0 Å². The molecule has 0 fully saturated rings. The van der Waals surface area contributed by atoms with Crippen LogP contribution in [-0.4, -0.2) is 6.71 Å². The zero-order valence-electron chi connectivity index (χ0n) is 45.9. The maximum atomic E-state index is 2.76. The van der Waals surface area contributed by atoms with Crippen molar-refractivity contribution in [1.82, 2.24) is 0 Å². The maximum Gasteiger partial charge on any atom is 0.252 e. The Morgan fingerprint density at radius 1 is 0.351 bits per heavy atom. The molecule has 3 nitrogen and oxygen atoms in total. The molecule has 0 spiro atoms. The Hall–Kier alpha value is -6.00. The Labute approximate surface area is 444 Å². The minimum atomic E-state index is 0.0412. The third-order valence-electron chi connectivity index (χ3n) is 19.5. The van der Waals surface area contributed by atoms with Crippen LogP contribution in [0.5, 0.6) is 0 Å². The van der Waals surface area contributed by atoms with Crippen LogP contribution in [0.3, 0.4) is 0 Å². The van der Waals surface area contributed by atoms with Crippen LogP contribution in [0.1, 0.15) is 177 Å². The van der Waals surface area contributed by atoms with Crippen LogP contribution in [0.2, 0.25) is 0 Å². The quantitative estimate of drug-likeness (QED) is 0.159. The average molecular weight is 972 g/mol. The monoisotopic (exact) mass is 972 g/mol. The second-order valence-electron chi connectivity index (χ2n) is 26.2. The summed E-state index contributed by atoms with van der Waals surface area (Å²) in [6.45, 7) is 20.0. The number of para-hydroxylation sites is 2. The zero-order chi connectivity index (χ0) is 50.7. The first-order valence-corrected chi connectivity index (χ1v) is 29.0. The van der Waals surface area contributed by atoms with E-state index in [0.717, 1.165) is 30.6 Å². The van der Waals surface area contributed by atoms with Gasteiger partial charge in [0.2, 0.25) is 0 Å². The number of hydrogen-bond donors (Lipinski definition) is 0. The first-order chi connectivity index (χ1) is 35.7. The van der Waals surface area contributed by atoms with Crippen molar-refractivity contribution in [3.8, 4) is 0 Å². The molecular formula is C70H78BN3. The smallest absolute Gasteiger partial charge is 0.252 e. The Morgan fingerprint density at radius 2 is 0.784 bits per heavy atom. The molecule has 0 N–H and O–H groups in total. The molecular weight excluding hydrogens is 894 g/mol. The predicted octanol–water partition coefficient (Wildman–Crippen LogP) is 17.3. The van der Waals surface area contributed by atoms with Crippen LogP contribution in [-0.2, 0) is 47.3 Å². The van der Waals surface area contributed by atoms with E-state index in [1.807, 2.05) is 0 Å². The lowest BCUT2D eigenvalue weighted by Crippen LogP contribution is -2.62. The highest BCUT2D eigenvalue weighted by molar-refractivity contribution is 7.00. The molecule has 0 amide bonds. The van der Waals surface area contributed by atoms with Crippen molar-refractivity contribution in [2.24, 2.45) is 0 Å². The Kier molecular flexibility index (Phi) is 11.5. The van der Waals surface area contributed by atoms with Gasteiger partial charge >= 0.3 is 0 Å². The predicted molar refractivity (Wildman–Crippen MR) is 317 cm³/mol. The van der Waals surface area contributed by atoms with Crippen LogP contribution in [0.15, 0.2) is 133 Å². The van der Waals surface area contributed by atoms with Crippen LogP contribution >= 0.6 is 0 Å². The number of nitrogens with zero attached hydrogens (tertiary/aromatic N) is 3. The normalized spacial score (nSPS) is 19.6. The maximum absolute atomic E-state index is 2.76. The highest BCUT2D eigenvalue weighted by Gasteiger charge is 2.48. The molecule has 4 heteroatoms. The minimum absolute atomic E-state index is 0.0412. The van der Waals surface area contributed by atoms with Gasteiger partial charge < -0.3 is 14.7 Å². The molecule has 0 saturated heterocycles. The van der Waals surface area contributed by atoms with Gasteiger partial charge in [0.1, 0.15) is 0 Å². The Bertz CT molecular complexity index is 3280. The summed E-state index contributed by atoms with van der Waals surface area (Å²) in [5, 5.41) is 0. The molecule has 13 rings (SSSR count). The number of rotatable bonds is 5. The first-order valence-electron chi connectivity index (χ1n) is 29.0. The molecule has 376 valence electrons. The number of hydrogen-bond acceptors (Lipinski definition) is 3. The lowest BCUT2D eigenvalue weighted by molar-refractivity contribution is 0.332. The summed E-state index contributed by atoms with van der Waals surface area (Å²) in [4.78, 5) is 8.04. The fraction of sp³-hybridized carbons (Fsp3) is 0.400. The fourth-order valence-corrected chi connectivity index (χ4v) is 14.8. The molecule has 0 radical (unpaired) electrons. The van der Waals surface area contributed by atoms with Gasteiger partial charge in [-0.2, -0.15) is 0 Å². The molecule has 0 bridgehead atoms. The Balaban J connectivity index is 1.18. The number of aryl methyl sites for hydroxylation is 4. The fourth-order valence-electron chi connectivity index (χ4n) is 14.8. The summed E-state index contributed by atoms with van der Waals surface area (Å²) < 4.78 is 0. The molecule has 7 aromatic rings. The highest BCUT2D eigenvalue weighted by Crippen LogP contribution is 2.54. The summed E-state index contributed by atoms with van der Waals surface area (Å²) in [5.74, 6) is 0. The van der Waals surface area contributed by atoms with E-state index in [-0.39, 0.29) is 28.4 Å². The van der Waals surface area contributed by atoms with Crippen molar-refractivity contribution < 1.29 is 0 Å². The van der Waals surface area contributed by atoms with E-state index < -0.39 is 0 Å². The summed E-state index contributed by atoms with van der Waals surface area (Å²) in [5.41, 5.74) is 28.3. The summed E-state index contributed by atoms with van der Waals surface area (Å²) >= 11 is 0. The third kappa shape index (κ3) is 7.89. The number of fused-ring (bicyclic) bond motifs is 8. The SMILES string of the molecule is CC1(C)CCC(C)(C)c2cc(N3c4cc5c(cc4B4c6cc7c(cc6N(c6ccc8c(c6)CCCCCC8)c6cc(N(c8ccccc8)c8ccccc8)cc3c64)CCCCCC7)C(C)(C)CCC5(C)C)ccc21. The molecule has 7 aromatic carbocycles. The van der Waals surface area contributed by atoms with Gasteiger partial charge in [0.05, 0.1) is 5.69 Å². The van der Waals surface area contributed by atoms with Gasteiger partial charge in [-0.25, -0.2) is 0 Å². The second-order valence-corrected chi connectivity index (χ2v) is 26.2.